The number of anilines is 1. The van der Waals surface area contributed by atoms with Gasteiger partial charge in [-0.2, -0.15) is 0 Å². The van der Waals surface area contributed by atoms with Gasteiger partial charge in [-0.1, -0.05) is 17.8 Å². The summed E-state index contributed by atoms with van der Waals surface area (Å²) in [4.78, 5) is 40.8. The smallest absolute Gasteiger partial charge is 0.355 e. The van der Waals surface area contributed by atoms with Crippen LogP contribution < -0.4 is 10.6 Å². The van der Waals surface area contributed by atoms with Gasteiger partial charge < -0.3 is 20.6 Å². The number of thiazole rings is 1. The molecule has 8 nitrogen and oxygen atoms in total. The highest BCUT2D eigenvalue weighted by atomic mass is 32.2. The fourth-order valence-corrected chi connectivity index (χ4v) is 4.93. The second-order valence-electron chi connectivity index (χ2n) is 6.47. The molecule has 2 aromatic rings. The van der Waals surface area contributed by atoms with Crippen LogP contribution in [0.4, 0.5) is 5.69 Å². The number of likely N-dealkylation sites (tertiary alicyclic amines) is 1. The summed E-state index contributed by atoms with van der Waals surface area (Å²) in [6, 6.07) is 7.34. The molecule has 1 saturated heterocycles. The third-order valence-electron chi connectivity index (χ3n) is 4.61. The van der Waals surface area contributed by atoms with E-state index in [9.17, 15) is 14.4 Å². The number of rotatable bonds is 9. The average Bonchev–Trinajstić information content (AvgIpc) is 3.33. The summed E-state index contributed by atoms with van der Waals surface area (Å²) in [6.45, 7) is 1.18. The number of carbonyl (C=O) groups excluding carboxylic acids is 2. The molecule has 29 heavy (non-hydrogen) atoms. The summed E-state index contributed by atoms with van der Waals surface area (Å²) in [7, 11) is 1.59. The van der Waals surface area contributed by atoms with E-state index in [4.69, 9.17) is 5.11 Å². The van der Waals surface area contributed by atoms with Gasteiger partial charge in [0.15, 0.2) is 10.0 Å². The van der Waals surface area contributed by atoms with Gasteiger partial charge in [0.1, 0.15) is 0 Å². The number of carboxylic acid groups (broad SMARTS) is 1. The van der Waals surface area contributed by atoms with Crippen LogP contribution in [0.15, 0.2) is 34.0 Å². The quantitative estimate of drug-likeness (QED) is 0.520. The number of hydrogen-bond donors (Lipinski definition) is 3. The molecule has 10 heteroatoms. The summed E-state index contributed by atoms with van der Waals surface area (Å²) < 4.78 is 0.690. The Bertz CT molecular complexity index is 902. The van der Waals surface area contributed by atoms with Crippen molar-refractivity contribution in [3.63, 3.8) is 0 Å². The standard InChI is InChI=1S/C19H22N4O4S2/c1-20-17(25)12-3-2-4-13(9-12)21-10-14-5-6-16(24)23(14)7-8-28-19-22-15(11-29-19)18(26)27/h2-4,9,11,14,21H,5-8,10H2,1H3,(H,20,25)(H,26,27). The molecule has 0 radical (unpaired) electrons. The summed E-state index contributed by atoms with van der Waals surface area (Å²) in [6.07, 6.45) is 1.31. The highest BCUT2D eigenvalue weighted by Crippen LogP contribution is 2.25. The second kappa shape index (κ2) is 9.75. The van der Waals surface area contributed by atoms with E-state index in [0.29, 0.717) is 35.2 Å². The molecular formula is C19H22N4O4S2. The summed E-state index contributed by atoms with van der Waals surface area (Å²) in [5.74, 6) is -0.394. The Balaban J connectivity index is 1.52. The molecule has 3 rings (SSSR count). The van der Waals surface area contributed by atoms with Crippen molar-refractivity contribution in [2.45, 2.75) is 23.2 Å². The molecular weight excluding hydrogens is 412 g/mol. The fraction of sp³-hybridized carbons (Fsp3) is 0.368. The van der Waals surface area contributed by atoms with E-state index in [1.54, 1.807) is 19.2 Å². The third-order valence-corrected chi connectivity index (χ3v) is 6.61. The number of hydrogen-bond acceptors (Lipinski definition) is 7. The van der Waals surface area contributed by atoms with Crippen LogP contribution in [-0.2, 0) is 4.79 Å². The van der Waals surface area contributed by atoms with Crippen LogP contribution in [0.3, 0.4) is 0 Å². The predicted octanol–water partition coefficient (Wildman–Crippen LogP) is 2.40. The highest BCUT2D eigenvalue weighted by molar-refractivity contribution is 8.01. The van der Waals surface area contributed by atoms with Gasteiger partial charge in [0.25, 0.3) is 5.91 Å². The third kappa shape index (κ3) is 5.48. The van der Waals surface area contributed by atoms with Crippen LogP contribution in [0.5, 0.6) is 0 Å². The van der Waals surface area contributed by atoms with Crippen molar-refractivity contribution >= 4 is 46.6 Å². The molecule has 0 saturated carbocycles. The van der Waals surface area contributed by atoms with Gasteiger partial charge in [0.05, 0.1) is 0 Å². The van der Waals surface area contributed by atoms with E-state index in [1.165, 1.54) is 28.5 Å². The van der Waals surface area contributed by atoms with Crippen LogP contribution in [0.2, 0.25) is 0 Å². The Labute approximate surface area is 176 Å². The first-order valence-corrected chi connectivity index (χ1v) is 11.0. The zero-order valence-corrected chi connectivity index (χ0v) is 17.5. The lowest BCUT2D eigenvalue weighted by atomic mass is 10.1. The molecule has 2 amide bonds. The van der Waals surface area contributed by atoms with Gasteiger partial charge in [-0.25, -0.2) is 9.78 Å². The minimum absolute atomic E-state index is 0.0517. The van der Waals surface area contributed by atoms with Crippen LogP contribution in [0, 0.1) is 0 Å². The number of nitrogens with zero attached hydrogens (tertiary/aromatic N) is 2. The largest absolute Gasteiger partial charge is 0.476 e. The maximum atomic E-state index is 12.3. The number of carbonyl (C=O) groups is 3. The van der Waals surface area contributed by atoms with Crippen LogP contribution >= 0.6 is 23.1 Å². The number of thioether (sulfide) groups is 1. The second-order valence-corrected chi connectivity index (χ2v) is 8.67. The first-order valence-electron chi connectivity index (χ1n) is 9.15. The molecule has 0 spiro atoms. The van der Waals surface area contributed by atoms with E-state index in [2.05, 4.69) is 15.6 Å². The lowest BCUT2D eigenvalue weighted by Crippen LogP contribution is -2.39. The number of amides is 2. The van der Waals surface area contributed by atoms with Gasteiger partial charge in [-0.15, -0.1) is 11.3 Å². The molecule has 1 atom stereocenters. The Kier molecular flexibility index (Phi) is 7.10. The Hall–Kier alpha value is -2.59. The molecule has 1 aliphatic rings. The van der Waals surface area contributed by atoms with Crippen molar-refractivity contribution in [3.05, 3.63) is 40.9 Å². The number of benzene rings is 1. The van der Waals surface area contributed by atoms with E-state index >= 15 is 0 Å². The molecule has 154 valence electrons. The minimum Gasteiger partial charge on any atom is -0.476 e. The molecule has 2 heterocycles. The maximum Gasteiger partial charge on any atom is 0.355 e. The normalized spacial score (nSPS) is 16.1. The molecule has 1 aromatic carbocycles. The first-order chi connectivity index (χ1) is 14.0. The lowest BCUT2D eigenvalue weighted by Gasteiger charge is -2.25. The van der Waals surface area contributed by atoms with Gasteiger partial charge >= 0.3 is 5.97 Å². The average molecular weight is 435 g/mol. The van der Waals surface area contributed by atoms with Crippen molar-refractivity contribution < 1.29 is 19.5 Å². The molecule has 3 N–H and O–H groups in total. The summed E-state index contributed by atoms with van der Waals surface area (Å²) in [5.41, 5.74) is 1.47. The van der Waals surface area contributed by atoms with E-state index in [1.807, 2.05) is 17.0 Å². The number of carboxylic acids is 1. The Morgan fingerprint density at radius 3 is 2.97 bits per heavy atom. The van der Waals surface area contributed by atoms with Gasteiger partial charge in [-0.05, 0) is 24.6 Å². The SMILES string of the molecule is CNC(=O)c1cccc(NCC2CCC(=O)N2CCSc2nc(C(=O)O)cs2)c1. The monoisotopic (exact) mass is 434 g/mol. The molecule has 0 bridgehead atoms. The van der Waals surface area contributed by atoms with Crippen molar-refractivity contribution in [2.75, 3.05) is 31.2 Å². The Morgan fingerprint density at radius 2 is 2.24 bits per heavy atom. The van der Waals surface area contributed by atoms with Crippen LogP contribution in [-0.4, -0.2) is 64.7 Å². The predicted molar refractivity (Wildman–Crippen MR) is 113 cm³/mol. The zero-order valence-electron chi connectivity index (χ0n) is 15.9. The Morgan fingerprint density at radius 1 is 1.41 bits per heavy atom. The van der Waals surface area contributed by atoms with Gasteiger partial charge in [0.2, 0.25) is 5.91 Å². The number of nitrogens with one attached hydrogen (secondary N) is 2. The molecule has 0 aliphatic carbocycles. The first kappa shape index (κ1) is 21.1. The zero-order chi connectivity index (χ0) is 20.8. The fourth-order valence-electron chi connectivity index (χ4n) is 3.12. The van der Waals surface area contributed by atoms with E-state index in [0.717, 1.165) is 12.1 Å². The highest BCUT2D eigenvalue weighted by Gasteiger charge is 2.30. The van der Waals surface area contributed by atoms with Crippen molar-refractivity contribution in [3.8, 4) is 0 Å². The number of aromatic nitrogens is 1. The van der Waals surface area contributed by atoms with Gasteiger partial charge in [-0.3, -0.25) is 9.59 Å². The maximum absolute atomic E-state index is 12.3. The molecule has 1 unspecified atom stereocenters. The lowest BCUT2D eigenvalue weighted by molar-refractivity contribution is -0.128. The topological polar surface area (TPSA) is 112 Å². The van der Waals surface area contributed by atoms with E-state index in [-0.39, 0.29) is 23.6 Å². The molecule has 1 aromatic heterocycles. The molecule has 1 fully saturated rings. The van der Waals surface area contributed by atoms with Crippen LogP contribution in [0.1, 0.15) is 33.7 Å². The molecule has 1 aliphatic heterocycles. The van der Waals surface area contributed by atoms with Crippen molar-refractivity contribution in [2.24, 2.45) is 0 Å². The van der Waals surface area contributed by atoms with Crippen molar-refractivity contribution in [1.29, 1.82) is 0 Å². The van der Waals surface area contributed by atoms with Crippen molar-refractivity contribution in [1.82, 2.24) is 15.2 Å². The summed E-state index contributed by atoms with van der Waals surface area (Å²) in [5, 5.41) is 16.4. The van der Waals surface area contributed by atoms with Gasteiger partial charge in [0, 0.05) is 55.0 Å². The van der Waals surface area contributed by atoms with E-state index < -0.39 is 5.97 Å². The summed E-state index contributed by atoms with van der Waals surface area (Å²) >= 11 is 2.75. The minimum atomic E-state index is -1.03. The van der Waals surface area contributed by atoms with Crippen LogP contribution in [0.25, 0.3) is 0 Å². The number of aromatic carboxylic acids is 1.